The molecule has 4 heteroatoms. The van der Waals surface area contributed by atoms with E-state index in [1.54, 1.807) is 0 Å². The summed E-state index contributed by atoms with van der Waals surface area (Å²) >= 11 is 0. The van der Waals surface area contributed by atoms with Gasteiger partial charge >= 0.3 is 0 Å². The van der Waals surface area contributed by atoms with E-state index in [1.165, 1.54) is 25.7 Å². The maximum absolute atomic E-state index is 5.81. The van der Waals surface area contributed by atoms with E-state index in [1.807, 2.05) is 7.05 Å². The second-order valence-electron chi connectivity index (χ2n) is 4.85. The minimum Gasteiger partial charge on any atom is -0.373 e. The molecule has 3 atom stereocenters. The van der Waals surface area contributed by atoms with Crippen molar-refractivity contribution in [2.45, 2.75) is 56.4 Å². The van der Waals surface area contributed by atoms with Crippen LogP contribution in [0.2, 0.25) is 0 Å². The van der Waals surface area contributed by atoms with Crippen LogP contribution in [0.1, 0.15) is 32.1 Å². The molecule has 1 saturated carbocycles. The van der Waals surface area contributed by atoms with Gasteiger partial charge in [-0.1, -0.05) is 0 Å². The molecule has 0 aromatic carbocycles. The number of hydrogen-bond acceptors (Lipinski definition) is 2. The highest BCUT2D eigenvalue weighted by Gasteiger charge is 2.41. The fourth-order valence-electron chi connectivity index (χ4n) is 2.56. The summed E-state index contributed by atoms with van der Waals surface area (Å²) in [6.45, 7) is 0. The van der Waals surface area contributed by atoms with Gasteiger partial charge in [0.05, 0.1) is 18.2 Å². The van der Waals surface area contributed by atoms with Gasteiger partial charge in [0.25, 0.3) is 0 Å². The van der Waals surface area contributed by atoms with Crippen molar-refractivity contribution in [3.63, 3.8) is 0 Å². The number of rotatable bonds is 2. The molecule has 0 aromatic heterocycles. The van der Waals surface area contributed by atoms with Gasteiger partial charge < -0.3 is 15.4 Å². The number of guanidine groups is 1. The Hall–Kier alpha value is -0.770. The van der Waals surface area contributed by atoms with Crippen LogP contribution in [-0.4, -0.2) is 37.3 Å². The van der Waals surface area contributed by atoms with Crippen LogP contribution in [-0.2, 0) is 4.74 Å². The van der Waals surface area contributed by atoms with Crippen molar-refractivity contribution in [2.24, 2.45) is 4.99 Å². The second-order valence-corrected chi connectivity index (χ2v) is 4.85. The van der Waals surface area contributed by atoms with Crippen molar-refractivity contribution in [3.05, 3.63) is 0 Å². The monoisotopic (exact) mass is 209 g/mol. The molecule has 84 valence electrons. The zero-order chi connectivity index (χ0) is 10.3. The maximum atomic E-state index is 5.81. The van der Waals surface area contributed by atoms with Gasteiger partial charge in [-0.2, -0.15) is 0 Å². The summed E-state index contributed by atoms with van der Waals surface area (Å²) in [4.78, 5) is 4.25. The van der Waals surface area contributed by atoms with Crippen molar-refractivity contribution >= 4 is 5.96 Å². The summed E-state index contributed by atoms with van der Waals surface area (Å²) in [5, 5.41) is 6.89. The number of nitrogens with zero attached hydrogens (tertiary/aromatic N) is 1. The zero-order valence-electron chi connectivity index (χ0n) is 9.20. The van der Waals surface area contributed by atoms with Gasteiger partial charge in [0.15, 0.2) is 5.96 Å². The van der Waals surface area contributed by atoms with E-state index in [2.05, 4.69) is 15.6 Å². The maximum Gasteiger partial charge on any atom is 0.191 e. The van der Waals surface area contributed by atoms with Crippen molar-refractivity contribution in [2.75, 3.05) is 7.05 Å². The van der Waals surface area contributed by atoms with Crippen LogP contribution in [0.25, 0.3) is 0 Å². The number of nitrogens with one attached hydrogen (secondary N) is 2. The quantitative estimate of drug-likeness (QED) is 0.518. The first-order chi connectivity index (χ1) is 7.35. The summed E-state index contributed by atoms with van der Waals surface area (Å²) in [6, 6.07) is 1.14. The molecule has 3 rings (SSSR count). The molecule has 2 N–H and O–H groups in total. The first-order valence-electron chi connectivity index (χ1n) is 6.00. The van der Waals surface area contributed by atoms with Crippen molar-refractivity contribution < 1.29 is 4.74 Å². The number of ether oxygens (including phenoxy) is 1. The topological polar surface area (TPSA) is 45.7 Å². The third kappa shape index (κ3) is 1.95. The SMILES string of the molecule is CN=C(NC1CC1)N[C@@H]1C[C@H]2CC[C@H]1O2. The molecule has 0 amide bonds. The molecule has 0 spiro atoms. The lowest BCUT2D eigenvalue weighted by atomic mass is 9.96. The zero-order valence-corrected chi connectivity index (χ0v) is 9.20. The van der Waals surface area contributed by atoms with Crippen LogP contribution in [0.3, 0.4) is 0 Å². The van der Waals surface area contributed by atoms with E-state index >= 15 is 0 Å². The average Bonchev–Trinajstić information content (AvgIpc) is 2.82. The summed E-state index contributed by atoms with van der Waals surface area (Å²) in [5.41, 5.74) is 0. The van der Waals surface area contributed by atoms with E-state index in [0.29, 0.717) is 24.3 Å². The summed E-state index contributed by atoms with van der Waals surface area (Å²) in [5.74, 6) is 0.957. The van der Waals surface area contributed by atoms with E-state index < -0.39 is 0 Å². The van der Waals surface area contributed by atoms with Crippen LogP contribution in [0.4, 0.5) is 0 Å². The van der Waals surface area contributed by atoms with Gasteiger partial charge in [-0.05, 0) is 32.1 Å². The highest BCUT2D eigenvalue weighted by molar-refractivity contribution is 5.80. The second kappa shape index (κ2) is 3.67. The molecule has 3 fully saturated rings. The van der Waals surface area contributed by atoms with Crippen molar-refractivity contribution in [1.82, 2.24) is 10.6 Å². The molecule has 15 heavy (non-hydrogen) atoms. The Kier molecular flexibility index (Phi) is 2.31. The molecule has 4 nitrogen and oxygen atoms in total. The molecule has 2 aliphatic heterocycles. The Balaban J connectivity index is 1.54. The lowest BCUT2D eigenvalue weighted by Crippen LogP contribution is -2.47. The molecule has 2 saturated heterocycles. The van der Waals surface area contributed by atoms with Crippen molar-refractivity contribution in [3.8, 4) is 0 Å². The number of fused-ring (bicyclic) bond motifs is 2. The molecule has 0 unspecified atom stereocenters. The molecular formula is C11H19N3O. The summed E-state index contributed by atoms with van der Waals surface area (Å²) in [7, 11) is 1.84. The Morgan fingerprint density at radius 1 is 1.20 bits per heavy atom. The molecule has 2 bridgehead atoms. The molecule has 0 aromatic rings. The van der Waals surface area contributed by atoms with Gasteiger partial charge in [0, 0.05) is 13.1 Å². The normalized spacial score (nSPS) is 39.5. The summed E-state index contributed by atoms with van der Waals surface area (Å²) in [6.07, 6.45) is 7.11. The molecular weight excluding hydrogens is 190 g/mol. The van der Waals surface area contributed by atoms with E-state index in [4.69, 9.17) is 4.74 Å². The van der Waals surface area contributed by atoms with Gasteiger partial charge in [0.1, 0.15) is 0 Å². The standard InChI is InChI=1S/C11H19N3O/c1-12-11(13-7-2-3-7)14-9-6-8-4-5-10(9)15-8/h7-10H,2-6H2,1H3,(H2,12,13,14)/t8-,9-,10-/m1/s1. The van der Waals surface area contributed by atoms with Crippen LogP contribution in [0.5, 0.6) is 0 Å². The third-order valence-electron chi connectivity index (χ3n) is 3.57. The van der Waals surface area contributed by atoms with Gasteiger partial charge in [-0.25, -0.2) is 0 Å². The van der Waals surface area contributed by atoms with E-state index in [0.717, 1.165) is 12.4 Å². The van der Waals surface area contributed by atoms with E-state index in [9.17, 15) is 0 Å². The highest BCUT2D eigenvalue weighted by Crippen LogP contribution is 2.34. The fourth-order valence-corrected chi connectivity index (χ4v) is 2.56. The largest absolute Gasteiger partial charge is 0.373 e. The molecule has 3 aliphatic rings. The predicted octanol–water partition coefficient (Wildman–Crippen LogP) is 0.634. The number of aliphatic imine (C=N–C) groups is 1. The Labute approximate surface area is 90.5 Å². The van der Waals surface area contributed by atoms with Crippen LogP contribution < -0.4 is 10.6 Å². The van der Waals surface area contributed by atoms with Crippen LogP contribution in [0.15, 0.2) is 4.99 Å². The first-order valence-corrected chi connectivity index (χ1v) is 6.00. The minimum atomic E-state index is 0.424. The Bertz CT molecular complexity index is 275. The lowest BCUT2D eigenvalue weighted by Gasteiger charge is -2.22. The van der Waals surface area contributed by atoms with Gasteiger partial charge in [-0.3, -0.25) is 4.99 Å². The minimum absolute atomic E-state index is 0.424. The Morgan fingerprint density at radius 3 is 2.60 bits per heavy atom. The van der Waals surface area contributed by atoms with E-state index in [-0.39, 0.29) is 0 Å². The lowest BCUT2D eigenvalue weighted by molar-refractivity contribution is 0.0992. The predicted molar refractivity (Wildman–Crippen MR) is 59.0 cm³/mol. The Morgan fingerprint density at radius 2 is 2.07 bits per heavy atom. The fraction of sp³-hybridized carbons (Fsp3) is 0.909. The molecule has 2 heterocycles. The number of hydrogen-bond donors (Lipinski definition) is 2. The molecule has 1 aliphatic carbocycles. The van der Waals surface area contributed by atoms with Gasteiger partial charge in [0.2, 0.25) is 0 Å². The molecule has 0 radical (unpaired) electrons. The van der Waals surface area contributed by atoms with Crippen molar-refractivity contribution in [1.29, 1.82) is 0 Å². The first kappa shape index (κ1) is 9.46. The third-order valence-corrected chi connectivity index (χ3v) is 3.57. The highest BCUT2D eigenvalue weighted by atomic mass is 16.5. The average molecular weight is 209 g/mol. The summed E-state index contributed by atoms with van der Waals surface area (Å²) < 4.78 is 5.81. The smallest absolute Gasteiger partial charge is 0.191 e. The van der Waals surface area contributed by atoms with Crippen LogP contribution >= 0.6 is 0 Å². The van der Waals surface area contributed by atoms with Gasteiger partial charge in [-0.15, -0.1) is 0 Å². The van der Waals surface area contributed by atoms with Crippen LogP contribution in [0, 0.1) is 0 Å².